The second-order valence-electron chi connectivity index (χ2n) is 5.39. The van der Waals surface area contributed by atoms with Crippen LogP contribution in [0.3, 0.4) is 0 Å². The molecule has 23 heavy (non-hydrogen) atoms. The molecule has 1 aliphatic heterocycles. The number of fused-ring (bicyclic) bond motifs is 1. The molecule has 0 spiro atoms. The molecule has 3 rings (SSSR count). The predicted molar refractivity (Wildman–Crippen MR) is 93.6 cm³/mol. The Morgan fingerprint density at radius 3 is 2.70 bits per heavy atom. The average Bonchev–Trinajstić information content (AvgIpc) is 3.09. The summed E-state index contributed by atoms with van der Waals surface area (Å²) in [6, 6.07) is 8.05. The summed E-state index contributed by atoms with van der Waals surface area (Å²) in [5.41, 5.74) is 2.52. The van der Waals surface area contributed by atoms with Crippen LogP contribution in [-0.4, -0.2) is 24.2 Å². The van der Waals surface area contributed by atoms with Gasteiger partial charge in [-0.2, -0.15) is 0 Å². The van der Waals surface area contributed by atoms with Gasteiger partial charge in [0.05, 0.1) is 17.9 Å². The SMILES string of the molecule is COC(=O)c1c(NC(=O)[C@H]2Cc3ccccc3S2)sc(C)c1C. The van der Waals surface area contributed by atoms with Crippen molar-refractivity contribution in [3.05, 3.63) is 45.8 Å². The number of hydrogen-bond donors (Lipinski definition) is 1. The minimum atomic E-state index is -0.412. The van der Waals surface area contributed by atoms with Crippen molar-refractivity contribution in [2.45, 2.75) is 30.4 Å². The summed E-state index contributed by atoms with van der Waals surface area (Å²) < 4.78 is 4.84. The Kier molecular flexibility index (Phi) is 4.46. The zero-order valence-electron chi connectivity index (χ0n) is 13.1. The van der Waals surface area contributed by atoms with Gasteiger partial charge >= 0.3 is 5.97 Å². The molecule has 1 amide bonds. The van der Waals surface area contributed by atoms with Crippen LogP contribution in [0.4, 0.5) is 5.00 Å². The molecule has 0 radical (unpaired) electrons. The van der Waals surface area contributed by atoms with Crippen LogP contribution in [0.1, 0.15) is 26.4 Å². The van der Waals surface area contributed by atoms with E-state index in [1.165, 1.54) is 24.0 Å². The van der Waals surface area contributed by atoms with Crippen LogP contribution in [0, 0.1) is 13.8 Å². The predicted octanol–water partition coefficient (Wildman–Crippen LogP) is 3.81. The summed E-state index contributed by atoms with van der Waals surface area (Å²) in [6.07, 6.45) is 0.712. The molecule has 0 fully saturated rings. The maximum absolute atomic E-state index is 12.6. The summed E-state index contributed by atoms with van der Waals surface area (Å²) in [4.78, 5) is 26.7. The lowest BCUT2D eigenvalue weighted by Gasteiger charge is -2.10. The molecule has 0 aliphatic carbocycles. The monoisotopic (exact) mass is 347 g/mol. The van der Waals surface area contributed by atoms with Crippen molar-refractivity contribution in [1.29, 1.82) is 0 Å². The van der Waals surface area contributed by atoms with Gasteiger partial charge in [-0.25, -0.2) is 4.79 Å². The number of thioether (sulfide) groups is 1. The highest BCUT2D eigenvalue weighted by Crippen LogP contribution is 2.38. The Balaban J connectivity index is 1.80. The van der Waals surface area contributed by atoms with Crippen molar-refractivity contribution in [2.24, 2.45) is 0 Å². The standard InChI is InChI=1S/C17H17NO3S2/c1-9-10(2)22-16(14(9)17(20)21-3)18-15(19)13-8-11-6-4-5-7-12(11)23-13/h4-7,13H,8H2,1-3H3,(H,18,19)/t13-/m1/s1. The van der Waals surface area contributed by atoms with Gasteiger partial charge in [-0.1, -0.05) is 18.2 Å². The number of benzene rings is 1. The fraction of sp³-hybridized carbons (Fsp3) is 0.294. The number of amides is 1. The second kappa shape index (κ2) is 6.37. The third-order valence-electron chi connectivity index (χ3n) is 3.95. The van der Waals surface area contributed by atoms with Gasteiger partial charge in [0, 0.05) is 9.77 Å². The first-order valence-electron chi connectivity index (χ1n) is 7.25. The van der Waals surface area contributed by atoms with Gasteiger partial charge in [-0.15, -0.1) is 23.1 Å². The molecule has 4 nitrogen and oxygen atoms in total. The molecule has 1 atom stereocenters. The van der Waals surface area contributed by atoms with Crippen LogP contribution in [0.5, 0.6) is 0 Å². The van der Waals surface area contributed by atoms with Crippen molar-refractivity contribution in [1.82, 2.24) is 0 Å². The van der Waals surface area contributed by atoms with E-state index in [1.807, 2.05) is 32.0 Å². The van der Waals surface area contributed by atoms with Crippen molar-refractivity contribution >= 4 is 40.0 Å². The Hall–Kier alpha value is -1.79. The normalized spacial score (nSPS) is 16.0. The first-order valence-corrected chi connectivity index (χ1v) is 8.94. The molecular formula is C17H17NO3S2. The molecule has 1 aromatic heterocycles. The van der Waals surface area contributed by atoms with E-state index in [2.05, 4.69) is 11.4 Å². The summed E-state index contributed by atoms with van der Waals surface area (Å²) in [6.45, 7) is 3.80. The number of rotatable bonds is 3. The van der Waals surface area contributed by atoms with Gasteiger partial charge in [0.15, 0.2) is 0 Å². The molecule has 0 saturated heterocycles. The summed E-state index contributed by atoms with van der Waals surface area (Å²) in [5.74, 6) is -0.484. The highest BCUT2D eigenvalue weighted by atomic mass is 32.2. The molecule has 6 heteroatoms. The molecule has 0 saturated carbocycles. The zero-order chi connectivity index (χ0) is 16.6. The number of anilines is 1. The van der Waals surface area contributed by atoms with Gasteiger partial charge in [0.1, 0.15) is 5.00 Å². The third-order valence-corrected chi connectivity index (χ3v) is 6.39. The second-order valence-corrected chi connectivity index (χ2v) is 7.86. The lowest BCUT2D eigenvalue weighted by molar-refractivity contribution is -0.115. The maximum atomic E-state index is 12.6. The molecule has 2 heterocycles. The molecule has 1 aromatic carbocycles. The number of thiophene rings is 1. The van der Waals surface area contributed by atoms with Gasteiger partial charge < -0.3 is 10.1 Å². The lowest BCUT2D eigenvalue weighted by atomic mass is 10.1. The van der Waals surface area contributed by atoms with Crippen molar-refractivity contribution in [2.75, 3.05) is 12.4 Å². The first kappa shape index (κ1) is 16.1. The highest BCUT2D eigenvalue weighted by molar-refractivity contribution is 8.01. The molecule has 0 unspecified atom stereocenters. The molecular weight excluding hydrogens is 330 g/mol. The number of esters is 1. The Morgan fingerprint density at radius 2 is 2.00 bits per heavy atom. The fourth-order valence-electron chi connectivity index (χ4n) is 2.58. The van der Waals surface area contributed by atoms with Crippen molar-refractivity contribution < 1.29 is 14.3 Å². The van der Waals surface area contributed by atoms with E-state index in [1.54, 1.807) is 11.8 Å². The van der Waals surface area contributed by atoms with Crippen molar-refractivity contribution in [3.63, 3.8) is 0 Å². The zero-order valence-corrected chi connectivity index (χ0v) is 14.8. The van der Waals surface area contributed by atoms with Crippen LogP contribution in [0.15, 0.2) is 29.2 Å². The largest absolute Gasteiger partial charge is 0.465 e. The Bertz CT molecular complexity index is 757. The highest BCUT2D eigenvalue weighted by Gasteiger charge is 2.30. The van der Waals surface area contributed by atoms with Crippen LogP contribution in [0.25, 0.3) is 0 Å². The first-order chi connectivity index (χ1) is 11.0. The third kappa shape index (κ3) is 3.01. The van der Waals surface area contributed by atoms with E-state index in [0.29, 0.717) is 17.0 Å². The summed E-state index contributed by atoms with van der Waals surface area (Å²) >= 11 is 2.98. The summed E-state index contributed by atoms with van der Waals surface area (Å²) in [7, 11) is 1.35. The molecule has 120 valence electrons. The molecule has 0 bridgehead atoms. The van der Waals surface area contributed by atoms with Crippen LogP contribution >= 0.6 is 23.1 Å². The minimum Gasteiger partial charge on any atom is -0.465 e. The smallest absolute Gasteiger partial charge is 0.341 e. The Morgan fingerprint density at radius 1 is 1.26 bits per heavy atom. The molecule has 1 N–H and O–H groups in total. The number of hydrogen-bond acceptors (Lipinski definition) is 5. The van der Waals surface area contributed by atoms with E-state index >= 15 is 0 Å². The quantitative estimate of drug-likeness (QED) is 0.858. The number of aryl methyl sites for hydroxylation is 1. The van der Waals surface area contributed by atoms with E-state index in [9.17, 15) is 9.59 Å². The summed E-state index contributed by atoms with van der Waals surface area (Å²) in [5, 5.41) is 3.33. The Labute approximate surface area is 143 Å². The number of methoxy groups -OCH3 is 1. The van der Waals surface area contributed by atoms with Gasteiger partial charge in [0.25, 0.3) is 0 Å². The van der Waals surface area contributed by atoms with Crippen molar-refractivity contribution in [3.8, 4) is 0 Å². The fourth-order valence-corrected chi connectivity index (χ4v) is 4.83. The minimum absolute atomic E-state index is 0.0717. The van der Waals surface area contributed by atoms with E-state index in [4.69, 9.17) is 4.74 Å². The number of carbonyl (C=O) groups is 2. The average molecular weight is 347 g/mol. The topological polar surface area (TPSA) is 55.4 Å². The number of carbonyl (C=O) groups excluding carboxylic acids is 2. The van der Waals surface area contributed by atoms with Gasteiger partial charge in [0.2, 0.25) is 5.91 Å². The van der Waals surface area contributed by atoms with Gasteiger partial charge in [-0.3, -0.25) is 4.79 Å². The van der Waals surface area contributed by atoms with Crippen LogP contribution < -0.4 is 5.32 Å². The van der Waals surface area contributed by atoms with E-state index in [0.717, 1.165) is 15.3 Å². The molecule has 2 aromatic rings. The lowest BCUT2D eigenvalue weighted by Crippen LogP contribution is -2.25. The number of ether oxygens (including phenoxy) is 1. The number of nitrogens with one attached hydrogen (secondary N) is 1. The van der Waals surface area contributed by atoms with Crippen LogP contribution in [-0.2, 0) is 16.0 Å². The maximum Gasteiger partial charge on any atom is 0.341 e. The van der Waals surface area contributed by atoms with Gasteiger partial charge in [-0.05, 0) is 37.5 Å². The van der Waals surface area contributed by atoms with E-state index in [-0.39, 0.29) is 11.2 Å². The van der Waals surface area contributed by atoms with Crippen LogP contribution in [0.2, 0.25) is 0 Å². The molecule has 1 aliphatic rings. The van der Waals surface area contributed by atoms with E-state index < -0.39 is 5.97 Å².